The van der Waals surface area contributed by atoms with Gasteiger partial charge in [-0.3, -0.25) is 9.10 Å². The summed E-state index contributed by atoms with van der Waals surface area (Å²) in [5.74, 6) is 0.766. The van der Waals surface area contributed by atoms with Crippen molar-refractivity contribution in [1.29, 1.82) is 0 Å². The van der Waals surface area contributed by atoms with Crippen LogP contribution in [0.5, 0.6) is 0 Å². The first-order chi connectivity index (χ1) is 14.4. The van der Waals surface area contributed by atoms with Crippen LogP contribution >= 0.6 is 11.8 Å². The molecule has 1 aliphatic rings. The summed E-state index contributed by atoms with van der Waals surface area (Å²) in [6.07, 6.45) is 2.12. The SMILES string of the molecule is CN(c1ccccc1)S(=O)(=O)c1cccc(NC(=O)CSc2nnc(C3CC3)o2)c1. The molecule has 0 aliphatic heterocycles. The van der Waals surface area contributed by atoms with Crippen molar-refractivity contribution < 1.29 is 17.6 Å². The van der Waals surface area contributed by atoms with Gasteiger partial charge in [-0.25, -0.2) is 8.42 Å². The second-order valence-electron chi connectivity index (χ2n) is 6.85. The zero-order valence-electron chi connectivity index (χ0n) is 16.2. The van der Waals surface area contributed by atoms with Crippen LogP contribution in [0.4, 0.5) is 11.4 Å². The van der Waals surface area contributed by atoms with Gasteiger partial charge in [-0.1, -0.05) is 36.0 Å². The second-order valence-corrected chi connectivity index (χ2v) is 9.75. The highest BCUT2D eigenvalue weighted by molar-refractivity contribution is 7.99. The minimum atomic E-state index is -3.76. The lowest BCUT2D eigenvalue weighted by Crippen LogP contribution is -2.26. The molecule has 1 aliphatic carbocycles. The van der Waals surface area contributed by atoms with Gasteiger partial charge in [-0.05, 0) is 43.2 Å². The number of aromatic nitrogens is 2. The van der Waals surface area contributed by atoms with Gasteiger partial charge in [0.1, 0.15) is 0 Å². The summed E-state index contributed by atoms with van der Waals surface area (Å²) in [4.78, 5) is 12.4. The average molecular weight is 445 g/mol. The fourth-order valence-electron chi connectivity index (χ4n) is 2.77. The highest BCUT2D eigenvalue weighted by Crippen LogP contribution is 2.39. The van der Waals surface area contributed by atoms with E-state index >= 15 is 0 Å². The summed E-state index contributed by atoms with van der Waals surface area (Å²) in [6.45, 7) is 0. The number of benzene rings is 2. The number of para-hydroxylation sites is 1. The van der Waals surface area contributed by atoms with E-state index in [1.807, 2.05) is 6.07 Å². The molecule has 0 bridgehead atoms. The van der Waals surface area contributed by atoms with E-state index in [9.17, 15) is 13.2 Å². The molecule has 2 aromatic carbocycles. The molecule has 3 aromatic rings. The van der Waals surface area contributed by atoms with Crippen LogP contribution in [0.2, 0.25) is 0 Å². The molecule has 8 nitrogen and oxygen atoms in total. The zero-order chi connectivity index (χ0) is 21.1. The molecule has 1 amide bonds. The molecule has 0 spiro atoms. The van der Waals surface area contributed by atoms with Crippen LogP contribution in [-0.4, -0.2) is 37.3 Å². The summed E-state index contributed by atoms with van der Waals surface area (Å²) in [5.41, 5.74) is 0.945. The lowest BCUT2D eigenvalue weighted by atomic mass is 10.3. The smallest absolute Gasteiger partial charge is 0.277 e. The molecule has 156 valence electrons. The number of thioether (sulfide) groups is 1. The van der Waals surface area contributed by atoms with Crippen molar-refractivity contribution in [2.45, 2.75) is 28.9 Å². The average Bonchev–Trinajstić information content (AvgIpc) is 3.50. The molecular weight excluding hydrogens is 424 g/mol. The van der Waals surface area contributed by atoms with Crippen molar-refractivity contribution >= 4 is 39.1 Å². The van der Waals surface area contributed by atoms with Crippen molar-refractivity contribution in [1.82, 2.24) is 10.2 Å². The minimum Gasteiger partial charge on any atom is -0.416 e. The van der Waals surface area contributed by atoms with Gasteiger partial charge in [0.2, 0.25) is 11.8 Å². The van der Waals surface area contributed by atoms with E-state index < -0.39 is 10.0 Å². The Morgan fingerprint density at radius 3 is 2.67 bits per heavy atom. The summed E-state index contributed by atoms with van der Waals surface area (Å²) >= 11 is 1.15. The maximum absolute atomic E-state index is 12.9. The first kappa shape index (κ1) is 20.4. The number of hydrogen-bond donors (Lipinski definition) is 1. The highest BCUT2D eigenvalue weighted by Gasteiger charge is 2.29. The van der Waals surface area contributed by atoms with Gasteiger partial charge in [0, 0.05) is 18.7 Å². The maximum atomic E-state index is 12.9. The maximum Gasteiger partial charge on any atom is 0.277 e. The predicted molar refractivity (Wildman–Crippen MR) is 114 cm³/mol. The molecule has 0 unspecified atom stereocenters. The van der Waals surface area contributed by atoms with Gasteiger partial charge in [0.25, 0.3) is 15.2 Å². The van der Waals surface area contributed by atoms with Gasteiger partial charge in [-0.2, -0.15) is 0 Å². The van der Waals surface area contributed by atoms with E-state index in [1.165, 1.54) is 23.5 Å². The van der Waals surface area contributed by atoms with Crippen LogP contribution < -0.4 is 9.62 Å². The van der Waals surface area contributed by atoms with Gasteiger partial charge < -0.3 is 9.73 Å². The number of anilines is 2. The third-order valence-corrected chi connectivity index (χ3v) is 7.17. The third-order valence-electron chi connectivity index (χ3n) is 4.57. The second kappa shape index (κ2) is 8.49. The molecule has 1 fully saturated rings. The largest absolute Gasteiger partial charge is 0.416 e. The summed E-state index contributed by atoms with van der Waals surface area (Å²) in [5, 5.41) is 11.0. The normalized spacial score (nSPS) is 13.8. The molecule has 1 N–H and O–H groups in total. The fourth-order valence-corrected chi connectivity index (χ4v) is 4.58. The highest BCUT2D eigenvalue weighted by atomic mass is 32.2. The lowest BCUT2D eigenvalue weighted by molar-refractivity contribution is -0.113. The third kappa shape index (κ3) is 4.65. The van der Waals surface area contributed by atoms with E-state index in [2.05, 4.69) is 15.5 Å². The Labute approximate surface area is 178 Å². The van der Waals surface area contributed by atoms with Crippen LogP contribution in [0.1, 0.15) is 24.7 Å². The standard InChI is InChI=1S/C20H20N4O4S2/c1-24(16-7-3-2-4-8-16)30(26,27)17-9-5-6-15(12-17)21-18(25)13-29-20-23-22-19(28-20)14-10-11-14/h2-9,12,14H,10-11,13H2,1H3,(H,21,25). The number of nitrogens with one attached hydrogen (secondary N) is 1. The van der Waals surface area contributed by atoms with E-state index in [1.54, 1.807) is 36.4 Å². The summed E-state index contributed by atoms with van der Waals surface area (Å²) < 4.78 is 32.6. The Balaban J connectivity index is 1.40. The number of hydrogen-bond acceptors (Lipinski definition) is 7. The number of carbonyl (C=O) groups excluding carboxylic acids is 1. The number of amides is 1. The summed E-state index contributed by atoms with van der Waals surface area (Å²) in [6, 6.07) is 15.0. The zero-order valence-corrected chi connectivity index (χ0v) is 17.8. The monoisotopic (exact) mass is 444 g/mol. The van der Waals surface area contributed by atoms with Gasteiger partial charge in [0.05, 0.1) is 16.3 Å². The van der Waals surface area contributed by atoms with E-state index in [-0.39, 0.29) is 16.6 Å². The van der Waals surface area contributed by atoms with Gasteiger partial charge in [-0.15, -0.1) is 10.2 Å². The fraction of sp³-hybridized carbons (Fsp3) is 0.250. The molecule has 4 rings (SSSR count). The van der Waals surface area contributed by atoms with Crippen LogP contribution in [-0.2, 0) is 14.8 Å². The quantitative estimate of drug-likeness (QED) is 0.530. The van der Waals surface area contributed by atoms with Crippen molar-refractivity contribution in [3.05, 3.63) is 60.5 Å². The Kier molecular flexibility index (Phi) is 5.78. The van der Waals surface area contributed by atoms with Gasteiger partial charge >= 0.3 is 0 Å². The van der Waals surface area contributed by atoms with Crippen LogP contribution in [0.3, 0.4) is 0 Å². The Hall–Kier alpha value is -2.85. The van der Waals surface area contributed by atoms with E-state index in [4.69, 9.17) is 4.42 Å². The number of carbonyl (C=O) groups is 1. The molecule has 0 saturated heterocycles. The first-order valence-corrected chi connectivity index (χ1v) is 11.8. The molecule has 1 aromatic heterocycles. The predicted octanol–water partition coefficient (Wildman–Crippen LogP) is 3.50. The van der Waals surface area contributed by atoms with E-state index in [0.717, 1.165) is 24.6 Å². The Morgan fingerprint density at radius 2 is 1.93 bits per heavy atom. The molecule has 10 heteroatoms. The van der Waals surface area contributed by atoms with Crippen molar-refractivity contribution in [2.75, 3.05) is 22.4 Å². The topological polar surface area (TPSA) is 105 Å². The van der Waals surface area contributed by atoms with Crippen molar-refractivity contribution in [3.8, 4) is 0 Å². The first-order valence-electron chi connectivity index (χ1n) is 9.33. The molecule has 1 saturated carbocycles. The Bertz CT molecular complexity index is 1140. The molecule has 0 radical (unpaired) electrons. The number of sulfonamides is 1. The van der Waals surface area contributed by atoms with Crippen LogP contribution in [0.15, 0.2) is 69.1 Å². The number of rotatable bonds is 8. The summed E-state index contributed by atoms with van der Waals surface area (Å²) in [7, 11) is -2.27. The van der Waals surface area contributed by atoms with Crippen molar-refractivity contribution in [3.63, 3.8) is 0 Å². The number of nitrogens with zero attached hydrogens (tertiary/aromatic N) is 3. The molecule has 0 atom stereocenters. The Morgan fingerprint density at radius 1 is 1.17 bits per heavy atom. The lowest BCUT2D eigenvalue weighted by Gasteiger charge is -2.19. The van der Waals surface area contributed by atoms with Gasteiger partial charge in [0.15, 0.2) is 0 Å². The van der Waals surface area contributed by atoms with Crippen LogP contribution in [0.25, 0.3) is 0 Å². The molecular formula is C20H20N4O4S2. The van der Waals surface area contributed by atoms with E-state index in [0.29, 0.717) is 28.4 Å². The molecule has 30 heavy (non-hydrogen) atoms. The van der Waals surface area contributed by atoms with Crippen LogP contribution in [0, 0.1) is 0 Å². The van der Waals surface area contributed by atoms with Crippen molar-refractivity contribution in [2.24, 2.45) is 0 Å². The molecule has 1 heterocycles. The minimum absolute atomic E-state index is 0.0766.